The molecule has 0 aromatic rings. The number of carbonyl (C=O) groups is 2. The third kappa shape index (κ3) is 7.41. The van der Waals surface area contributed by atoms with Crippen molar-refractivity contribution in [2.24, 2.45) is 45.3 Å². The Hall–Kier alpha value is -1.98. The summed E-state index contributed by atoms with van der Waals surface area (Å²) in [6, 6.07) is 0. The molecule has 9 N–H and O–H groups in total. The van der Waals surface area contributed by atoms with Crippen LogP contribution >= 0.6 is 0 Å². The first-order valence-corrected chi connectivity index (χ1v) is 23.0. The first-order chi connectivity index (χ1) is 29.9. The molecule has 18 nitrogen and oxygen atoms in total. The molecule has 0 amide bonds. The molecule has 362 valence electrons. The van der Waals surface area contributed by atoms with Crippen LogP contribution in [0.2, 0.25) is 0 Å². The molecule has 0 radical (unpaired) electrons. The number of hydrogen-bond acceptors (Lipinski definition) is 18. The van der Waals surface area contributed by atoms with Crippen LogP contribution in [0.4, 0.5) is 0 Å². The summed E-state index contributed by atoms with van der Waals surface area (Å²) in [5.41, 5.74) is -1.60. The number of hydrogen-bond donors (Lipinski definition) is 9. The van der Waals surface area contributed by atoms with Crippen molar-refractivity contribution in [3.8, 4) is 0 Å². The van der Waals surface area contributed by atoms with Gasteiger partial charge in [0, 0.05) is 35.2 Å². The molecule has 8 rings (SSSR count). The van der Waals surface area contributed by atoms with E-state index in [4.69, 9.17) is 33.2 Å². The molecule has 4 aliphatic heterocycles. The van der Waals surface area contributed by atoms with E-state index >= 15 is 0 Å². The Morgan fingerprint density at radius 3 is 2.11 bits per heavy atom. The summed E-state index contributed by atoms with van der Waals surface area (Å²) in [5.74, 6) is -0.280. The second-order valence-electron chi connectivity index (χ2n) is 21.4. The van der Waals surface area contributed by atoms with Gasteiger partial charge in [-0.2, -0.15) is 0 Å². The summed E-state index contributed by atoms with van der Waals surface area (Å²) < 4.78 is 42.0. The van der Waals surface area contributed by atoms with Crippen LogP contribution in [0.5, 0.6) is 0 Å². The van der Waals surface area contributed by atoms with E-state index in [9.17, 15) is 55.5 Å². The van der Waals surface area contributed by atoms with E-state index < -0.39 is 139 Å². The van der Waals surface area contributed by atoms with Crippen molar-refractivity contribution < 1.29 is 88.7 Å². The number of allylic oxidation sites excluding steroid dienone is 2. The lowest BCUT2D eigenvalue weighted by Crippen LogP contribution is -2.66. The van der Waals surface area contributed by atoms with E-state index in [0.717, 1.165) is 5.57 Å². The number of carbonyl (C=O) groups excluding carboxylic acids is 2. The van der Waals surface area contributed by atoms with Gasteiger partial charge in [0.1, 0.15) is 72.6 Å². The first-order valence-electron chi connectivity index (χ1n) is 23.0. The van der Waals surface area contributed by atoms with Crippen LogP contribution < -0.4 is 0 Å². The van der Waals surface area contributed by atoms with Crippen molar-refractivity contribution in [2.45, 2.75) is 192 Å². The van der Waals surface area contributed by atoms with Gasteiger partial charge in [0.15, 0.2) is 30.8 Å². The SMILES string of the molecule is CC(C)C1=CC(=O)C([C@H]2[C@H](O)C[C@@]3(C)C4CC=C5C(CC[C@@H](O[C@@H]6OC[C@@H](O)[C@H](O[C@@H]7O[C@H](CO)[C@@H](O)[C@H](O)[C@H]7O[C@@H]7O[C@@H](C)[C@H](O)[C@@H](O)[C@H]7O)[C@H]6O)C5(C)C)[C@]4(C)C(=O)C[C@]23C)O1. The number of rotatable bonds is 9. The largest absolute Gasteiger partial charge is 0.486 e. The minimum Gasteiger partial charge on any atom is -0.486 e. The van der Waals surface area contributed by atoms with E-state index in [1.807, 2.05) is 27.7 Å². The Bertz CT molecular complexity index is 1840. The summed E-state index contributed by atoms with van der Waals surface area (Å²) in [6.07, 6.45) is -18.0. The molecule has 4 heterocycles. The van der Waals surface area contributed by atoms with Crippen molar-refractivity contribution in [3.05, 3.63) is 23.5 Å². The van der Waals surface area contributed by atoms with Gasteiger partial charge in [-0.05, 0) is 55.3 Å². The van der Waals surface area contributed by atoms with Crippen LogP contribution in [0.3, 0.4) is 0 Å². The monoisotopic (exact) mass is 910 g/mol. The molecule has 0 spiro atoms. The fourth-order valence-electron chi connectivity index (χ4n) is 13.3. The van der Waals surface area contributed by atoms with E-state index in [1.54, 1.807) is 6.08 Å². The van der Waals surface area contributed by atoms with Crippen LogP contribution in [-0.2, 0) is 42.7 Å². The third-order valence-corrected chi connectivity index (χ3v) is 17.3. The Balaban J connectivity index is 0.992. The molecule has 18 heteroatoms. The minimum absolute atomic E-state index is 0.00872. The van der Waals surface area contributed by atoms with Gasteiger partial charge < -0.3 is 79.1 Å². The Morgan fingerprint density at radius 1 is 0.766 bits per heavy atom. The quantitative estimate of drug-likeness (QED) is 0.135. The molecule has 3 unspecified atom stereocenters. The van der Waals surface area contributed by atoms with E-state index in [2.05, 4.69) is 26.8 Å². The summed E-state index contributed by atoms with van der Waals surface area (Å²) in [7, 11) is 0. The van der Waals surface area contributed by atoms with E-state index in [0.29, 0.717) is 31.4 Å². The molecule has 4 aliphatic carbocycles. The zero-order valence-corrected chi connectivity index (χ0v) is 37.9. The molecule has 6 fully saturated rings. The van der Waals surface area contributed by atoms with Crippen molar-refractivity contribution in [3.63, 3.8) is 0 Å². The average molecular weight is 911 g/mol. The number of fused-ring (bicyclic) bond motifs is 5. The number of ether oxygens (including phenoxy) is 7. The van der Waals surface area contributed by atoms with E-state index in [-0.39, 0.29) is 42.3 Å². The highest BCUT2D eigenvalue weighted by Crippen LogP contribution is 2.74. The molecule has 8 aliphatic rings. The number of aliphatic hydroxyl groups excluding tert-OH is 9. The summed E-state index contributed by atoms with van der Waals surface area (Å²) in [4.78, 5) is 28.3. The van der Waals surface area contributed by atoms with E-state index in [1.165, 1.54) is 6.92 Å². The Labute approximate surface area is 373 Å². The maximum Gasteiger partial charge on any atom is 0.199 e. The number of Topliss-reactive ketones (excluding diaryl/α,β-unsaturated/α-hetero) is 1. The van der Waals surface area contributed by atoms with Crippen molar-refractivity contribution in [2.75, 3.05) is 13.2 Å². The summed E-state index contributed by atoms with van der Waals surface area (Å²) >= 11 is 0. The van der Waals surface area contributed by atoms with Gasteiger partial charge in [-0.3, -0.25) is 9.59 Å². The maximum absolute atomic E-state index is 14.9. The Morgan fingerprint density at radius 2 is 1.45 bits per heavy atom. The molecular weight excluding hydrogens is 840 g/mol. The van der Waals surface area contributed by atoms with Gasteiger partial charge in [-0.15, -0.1) is 0 Å². The van der Waals surface area contributed by atoms with Crippen molar-refractivity contribution >= 4 is 11.6 Å². The normalized spacial score (nSPS) is 52.7. The van der Waals surface area contributed by atoms with Crippen LogP contribution in [0.15, 0.2) is 23.5 Å². The van der Waals surface area contributed by atoms with Crippen LogP contribution in [0, 0.1) is 45.3 Å². The Kier molecular flexibility index (Phi) is 13.0. The van der Waals surface area contributed by atoms with Gasteiger partial charge in [0.25, 0.3) is 0 Å². The second-order valence-corrected chi connectivity index (χ2v) is 21.4. The molecule has 3 saturated heterocycles. The lowest BCUT2D eigenvalue weighted by atomic mass is 9.39. The highest BCUT2D eigenvalue weighted by atomic mass is 16.8. The molecule has 3 saturated carbocycles. The number of aliphatic hydroxyl groups is 9. The summed E-state index contributed by atoms with van der Waals surface area (Å²) in [5, 5.41) is 97.7. The lowest BCUT2D eigenvalue weighted by molar-refractivity contribution is -0.384. The lowest BCUT2D eigenvalue weighted by Gasteiger charge is -2.64. The highest BCUT2D eigenvalue weighted by molar-refractivity contribution is 5.96. The predicted molar refractivity (Wildman–Crippen MR) is 220 cm³/mol. The zero-order valence-electron chi connectivity index (χ0n) is 37.9. The molecular formula is C46H70O18. The smallest absolute Gasteiger partial charge is 0.199 e. The number of ketones is 2. The molecule has 64 heavy (non-hydrogen) atoms. The standard InChI is InChI=1S/C46H70O18/c1-18(2)25-13-22(48)37(60-25)30-23(49)14-44(6)27-11-9-20-21(46(27,8)28(51)15-45(30,44)7)10-12-29(43(20,4)5)62-40-36(57)38(24(50)17-58-40)63-42-39(34(55)32(53)26(16-47)61-42)64-41-35(56)33(54)31(52)19(3)59-41/h9,13,18-19,21,23-24,26-27,29-42,47,49-50,52-57H,10-12,14-17H2,1-8H3/t19-,21?,23+,24+,26+,27?,29+,30+,31-,32+,33+,34-,35+,36+,37?,38-,39+,40-,41-,42-,44-,45+,46-/m0/s1. The van der Waals surface area contributed by atoms with Gasteiger partial charge in [-0.1, -0.05) is 60.1 Å². The van der Waals surface area contributed by atoms with Crippen LogP contribution in [-0.4, -0.2) is 175 Å². The maximum atomic E-state index is 14.9. The van der Waals surface area contributed by atoms with Gasteiger partial charge in [-0.25, -0.2) is 0 Å². The summed E-state index contributed by atoms with van der Waals surface area (Å²) in [6.45, 7) is 14.6. The third-order valence-electron chi connectivity index (χ3n) is 17.3. The zero-order chi connectivity index (χ0) is 46.7. The fraction of sp³-hybridized carbons (Fsp3) is 0.870. The van der Waals surface area contributed by atoms with Crippen molar-refractivity contribution in [1.29, 1.82) is 0 Å². The second kappa shape index (κ2) is 17.2. The molecule has 23 atom stereocenters. The minimum atomic E-state index is -1.82. The van der Waals surface area contributed by atoms with Crippen LogP contribution in [0.25, 0.3) is 0 Å². The van der Waals surface area contributed by atoms with Crippen molar-refractivity contribution in [1.82, 2.24) is 0 Å². The van der Waals surface area contributed by atoms with Crippen LogP contribution in [0.1, 0.15) is 87.5 Å². The topological polar surface area (TPSA) is 281 Å². The molecule has 0 aromatic carbocycles. The fourth-order valence-corrected chi connectivity index (χ4v) is 13.3. The average Bonchev–Trinajstić information content (AvgIpc) is 3.70. The van der Waals surface area contributed by atoms with Gasteiger partial charge in [0.05, 0.1) is 31.5 Å². The first kappa shape index (κ1) is 48.5. The molecule has 0 aromatic heterocycles. The van der Waals surface area contributed by atoms with Gasteiger partial charge in [0.2, 0.25) is 0 Å². The predicted octanol–water partition coefficient (Wildman–Crippen LogP) is -0.251. The van der Waals surface area contributed by atoms with Gasteiger partial charge >= 0.3 is 0 Å². The highest BCUT2D eigenvalue weighted by Gasteiger charge is 2.74. The molecule has 0 bridgehead atoms.